The number of carbonyl (C=O) groups excluding carboxylic acids is 3. The predicted octanol–water partition coefficient (Wildman–Crippen LogP) is 3.14. The van der Waals surface area contributed by atoms with Gasteiger partial charge in [-0.2, -0.15) is 0 Å². The lowest BCUT2D eigenvalue weighted by atomic mass is 10.1. The number of halogens is 1. The van der Waals surface area contributed by atoms with Gasteiger partial charge in [0.1, 0.15) is 5.82 Å². The second-order valence-electron chi connectivity index (χ2n) is 7.55. The van der Waals surface area contributed by atoms with Crippen molar-refractivity contribution in [2.75, 3.05) is 24.5 Å². The monoisotopic (exact) mass is 470 g/mol. The molecule has 2 aliphatic heterocycles. The van der Waals surface area contributed by atoms with Crippen molar-refractivity contribution >= 4 is 39.5 Å². The summed E-state index contributed by atoms with van der Waals surface area (Å²) in [6.45, 7) is 2.50. The fraction of sp³-hybridized carbons (Fsp3) is 0.364. The topological polar surface area (TPSA) is 82.6 Å². The molecule has 1 saturated heterocycles. The number of fused-ring (bicyclic) bond motifs is 1. The number of rotatable bonds is 6. The minimum Gasteiger partial charge on any atom is -0.357 e. The van der Waals surface area contributed by atoms with Gasteiger partial charge < -0.3 is 10.2 Å². The van der Waals surface area contributed by atoms with Gasteiger partial charge in [0.15, 0.2) is 0 Å². The number of piperidine rings is 1. The number of amides is 3. The van der Waals surface area contributed by atoms with Crippen molar-refractivity contribution in [1.82, 2.24) is 15.2 Å². The maximum absolute atomic E-state index is 12.5. The molecule has 3 heterocycles. The fourth-order valence-corrected chi connectivity index (χ4v) is 4.16. The van der Waals surface area contributed by atoms with Crippen LogP contribution >= 0.6 is 15.9 Å². The van der Waals surface area contributed by atoms with Crippen molar-refractivity contribution in [3.63, 3.8) is 0 Å². The SMILES string of the molecule is O=C(CCN1C(=O)c2ccc(Br)cc2C1=O)NCc1ccc(N2CCCCC2)nc1. The molecule has 0 spiro atoms. The normalized spacial score (nSPS) is 16.0. The van der Waals surface area contributed by atoms with E-state index < -0.39 is 0 Å². The first kappa shape index (κ1) is 20.5. The summed E-state index contributed by atoms with van der Waals surface area (Å²) in [6, 6.07) is 8.95. The standard InChI is InChI=1S/C22H23BrN4O3/c23-16-5-6-17-18(12-16)22(30)27(21(17)29)11-8-20(28)25-14-15-4-7-19(24-13-15)26-9-2-1-3-10-26/h4-7,12-13H,1-3,8-11,14H2,(H,25,28). The van der Waals surface area contributed by atoms with Crippen molar-refractivity contribution in [2.24, 2.45) is 0 Å². The van der Waals surface area contributed by atoms with Gasteiger partial charge in [0.25, 0.3) is 11.8 Å². The van der Waals surface area contributed by atoms with E-state index >= 15 is 0 Å². The molecule has 2 aliphatic rings. The Bertz CT molecular complexity index is 971. The summed E-state index contributed by atoms with van der Waals surface area (Å²) in [5.41, 5.74) is 1.66. The van der Waals surface area contributed by atoms with E-state index in [2.05, 4.69) is 31.1 Å². The number of aromatic nitrogens is 1. The smallest absolute Gasteiger partial charge is 0.261 e. The molecular weight excluding hydrogens is 448 g/mol. The molecule has 30 heavy (non-hydrogen) atoms. The average Bonchev–Trinajstić information content (AvgIpc) is 3.01. The summed E-state index contributed by atoms with van der Waals surface area (Å²) < 4.78 is 0.738. The molecule has 1 N–H and O–H groups in total. The number of hydrogen-bond donors (Lipinski definition) is 1. The molecule has 8 heteroatoms. The van der Waals surface area contributed by atoms with Crippen molar-refractivity contribution in [1.29, 1.82) is 0 Å². The van der Waals surface area contributed by atoms with E-state index in [1.165, 1.54) is 19.3 Å². The Morgan fingerprint density at radius 3 is 2.53 bits per heavy atom. The number of hydrogen-bond acceptors (Lipinski definition) is 5. The highest BCUT2D eigenvalue weighted by atomic mass is 79.9. The molecule has 0 bridgehead atoms. The molecule has 2 aromatic rings. The summed E-state index contributed by atoms with van der Waals surface area (Å²) >= 11 is 3.31. The van der Waals surface area contributed by atoms with Gasteiger partial charge in [-0.05, 0) is 49.1 Å². The molecule has 3 amide bonds. The Morgan fingerprint density at radius 1 is 1.03 bits per heavy atom. The summed E-state index contributed by atoms with van der Waals surface area (Å²) in [6.07, 6.45) is 5.52. The molecular formula is C22H23BrN4O3. The minimum absolute atomic E-state index is 0.0575. The first-order valence-corrected chi connectivity index (χ1v) is 10.9. The van der Waals surface area contributed by atoms with Gasteiger partial charge in [-0.25, -0.2) is 4.98 Å². The summed E-state index contributed by atoms with van der Waals surface area (Å²) in [7, 11) is 0. The molecule has 0 radical (unpaired) electrons. The highest BCUT2D eigenvalue weighted by Gasteiger charge is 2.35. The van der Waals surface area contributed by atoms with Gasteiger partial charge in [0.2, 0.25) is 5.91 Å². The van der Waals surface area contributed by atoms with Crippen molar-refractivity contribution in [2.45, 2.75) is 32.2 Å². The predicted molar refractivity (Wildman–Crippen MR) is 116 cm³/mol. The third-order valence-electron chi connectivity index (χ3n) is 5.47. The summed E-state index contributed by atoms with van der Waals surface area (Å²) in [4.78, 5) is 45.0. The third kappa shape index (κ3) is 4.38. The highest BCUT2D eigenvalue weighted by Crippen LogP contribution is 2.26. The van der Waals surface area contributed by atoms with E-state index in [0.29, 0.717) is 17.7 Å². The molecule has 1 aromatic carbocycles. The maximum Gasteiger partial charge on any atom is 0.261 e. The van der Waals surface area contributed by atoms with Crippen LogP contribution in [-0.4, -0.2) is 47.2 Å². The van der Waals surface area contributed by atoms with Gasteiger partial charge in [-0.15, -0.1) is 0 Å². The molecule has 156 valence electrons. The Morgan fingerprint density at radius 2 is 1.80 bits per heavy atom. The van der Waals surface area contributed by atoms with Crippen LogP contribution < -0.4 is 10.2 Å². The fourth-order valence-electron chi connectivity index (χ4n) is 3.80. The van der Waals surface area contributed by atoms with Gasteiger partial charge in [-0.1, -0.05) is 22.0 Å². The first-order chi connectivity index (χ1) is 14.5. The van der Waals surface area contributed by atoms with Crippen LogP contribution in [0.15, 0.2) is 41.0 Å². The quantitative estimate of drug-likeness (QED) is 0.655. The number of anilines is 1. The van der Waals surface area contributed by atoms with E-state index in [4.69, 9.17) is 0 Å². The average molecular weight is 471 g/mol. The van der Waals surface area contributed by atoms with E-state index in [1.807, 2.05) is 12.1 Å². The van der Waals surface area contributed by atoms with Crippen LogP contribution in [0, 0.1) is 0 Å². The van der Waals surface area contributed by atoms with Crippen LogP contribution in [0.1, 0.15) is 52.0 Å². The number of carbonyl (C=O) groups is 3. The van der Waals surface area contributed by atoms with Gasteiger partial charge in [0.05, 0.1) is 11.1 Å². The van der Waals surface area contributed by atoms with E-state index in [-0.39, 0.29) is 30.7 Å². The lowest BCUT2D eigenvalue weighted by Crippen LogP contribution is -2.34. The zero-order chi connectivity index (χ0) is 21.1. The van der Waals surface area contributed by atoms with Crippen molar-refractivity contribution < 1.29 is 14.4 Å². The second-order valence-corrected chi connectivity index (χ2v) is 8.47. The Kier molecular flexibility index (Phi) is 6.13. The van der Waals surface area contributed by atoms with E-state index in [1.54, 1.807) is 24.4 Å². The maximum atomic E-state index is 12.5. The number of pyridine rings is 1. The molecule has 1 fully saturated rings. The zero-order valence-corrected chi connectivity index (χ0v) is 18.2. The zero-order valence-electron chi connectivity index (χ0n) is 16.6. The van der Waals surface area contributed by atoms with Crippen LogP contribution in [0.4, 0.5) is 5.82 Å². The van der Waals surface area contributed by atoms with Gasteiger partial charge in [-0.3, -0.25) is 19.3 Å². The molecule has 0 aliphatic carbocycles. The van der Waals surface area contributed by atoms with Crippen LogP contribution in [0.5, 0.6) is 0 Å². The largest absolute Gasteiger partial charge is 0.357 e. The van der Waals surface area contributed by atoms with Gasteiger partial charge in [0, 0.05) is 43.3 Å². The summed E-state index contributed by atoms with van der Waals surface area (Å²) in [5, 5.41) is 2.83. The van der Waals surface area contributed by atoms with Crippen LogP contribution in [-0.2, 0) is 11.3 Å². The van der Waals surface area contributed by atoms with Crippen LogP contribution in [0.3, 0.4) is 0 Å². The van der Waals surface area contributed by atoms with Gasteiger partial charge >= 0.3 is 0 Å². The van der Waals surface area contributed by atoms with Crippen LogP contribution in [0.25, 0.3) is 0 Å². The lowest BCUT2D eigenvalue weighted by Gasteiger charge is -2.27. The van der Waals surface area contributed by atoms with E-state index in [9.17, 15) is 14.4 Å². The number of benzene rings is 1. The third-order valence-corrected chi connectivity index (χ3v) is 5.97. The molecule has 0 atom stereocenters. The Hall–Kier alpha value is -2.74. The minimum atomic E-state index is -0.360. The van der Waals surface area contributed by atoms with Crippen molar-refractivity contribution in [3.05, 3.63) is 57.7 Å². The number of imide groups is 1. The lowest BCUT2D eigenvalue weighted by molar-refractivity contribution is -0.121. The summed E-state index contributed by atoms with van der Waals surface area (Å²) in [5.74, 6) is 0.0456. The van der Waals surface area contributed by atoms with Crippen molar-refractivity contribution in [3.8, 4) is 0 Å². The first-order valence-electron chi connectivity index (χ1n) is 10.2. The highest BCUT2D eigenvalue weighted by molar-refractivity contribution is 9.10. The molecule has 0 saturated carbocycles. The van der Waals surface area contributed by atoms with E-state index in [0.717, 1.165) is 33.8 Å². The Labute approximate surface area is 183 Å². The number of nitrogens with zero attached hydrogens (tertiary/aromatic N) is 3. The molecule has 0 unspecified atom stereocenters. The molecule has 4 rings (SSSR count). The second kappa shape index (κ2) is 8.95. The molecule has 1 aromatic heterocycles. The van der Waals surface area contributed by atoms with Crippen LogP contribution in [0.2, 0.25) is 0 Å². The Balaban J connectivity index is 1.26. The number of nitrogens with one attached hydrogen (secondary N) is 1. The molecule has 7 nitrogen and oxygen atoms in total.